The van der Waals surface area contributed by atoms with Crippen LogP contribution in [0, 0.1) is 5.41 Å². The van der Waals surface area contributed by atoms with Crippen molar-refractivity contribution in [3.8, 4) is 0 Å². The van der Waals surface area contributed by atoms with E-state index in [9.17, 15) is 4.79 Å². The fourth-order valence-electron chi connectivity index (χ4n) is 2.18. The van der Waals surface area contributed by atoms with Crippen molar-refractivity contribution in [2.24, 2.45) is 11.1 Å². The van der Waals surface area contributed by atoms with Gasteiger partial charge in [-0.2, -0.15) is 0 Å². The second-order valence-corrected chi connectivity index (χ2v) is 7.63. The number of carbonyl (C=O) groups excluding carboxylic acids is 1. The van der Waals surface area contributed by atoms with Gasteiger partial charge in [-0.25, -0.2) is 0 Å². The van der Waals surface area contributed by atoms with Crippen LogP contribution in [-0.2, 0) is 4.79 Å². The molecule has 0 aliphatic heterocycles. The van der Waals surface area contributed by atoms with E-state index in [1.54, 1.807) is 11.6 Å². The molecule has 1 heterocycles. The van der Waals surface area contributed by atoms with Gasteiger partial charge in [0.05, 0.1) is 10.4 Å². The molecule has 0 bridgehead atoms. The third-order valence-electron chi connectivity index (χ3n) is 3.95. The van der Waals surface area contributed by atoms with Gasteiger partial charge in [-0.05, 0) is 31.0 Å². The molecule has 2 rings (SSSR count). The number of nitrogens with one attached hydrogen (secondary N) is 1. The molecule has 0 atom stereocenters. The first kappa shape index (κ1) is 21.2. The van der Waals surface area contributed by atoms with Crippen LogP contribution in [-0.4, -0.2) is 22.6 Å². The summed E-state index contributed by atoms with van der Waals surface area (Å²) in [6, 6.07) is 5.45. The Morgan fingerprint density at radius 3 is 2.62 bits per heavy atom. The fraction of sp³-hybridized carbons (Fsp3) is 0.400. The van der Waals surface area contributed by atoms with Crippen LogP contribution < -0.4 is 11.1 Å². The lowest BCUT2D eigenvalue weighted by Gasteiger charge is -2.28. The molecule has 0 fully saturated rings. The monoisotopic (exact) mass is 406 g/mol. The summed E-state index contributed by atoms with van der Waals surface area (Å²) < 4.78 is 0.822. The highest BCUT2D eigenvalue weighted by Gasteiger charge is 2.33. The number of hydrogen-bond donors (Lipinski definition) is 2. The molecule has 132 valence electrons. The van der Waals surface area contributed by atoms with E-state index in [4.69, 9.17) is 17.3 Å². The molecule has 0 radical (unpaired) electrons. The predicted molar refractivity (Wildman–Crippen MR) is 103 cm³/mol. The molecule has 2 aromatic rings. The largest absolute Gasteiger partial charge is 0.329 e. The van der Waals surface area contributed by atoms with E-state index in [1.807, 2.05) is 26.0 Å². The van der Waals surface area contributed by atoms with Crippen LogP contribution in [0.1, 0.15) is 26.7 Å². The number of carbonyl (C=O) groups is 1. The molecule has 1 aromatic carbocycles. The standard InChI is InChI=1S/C15H19ClN4OS2.ClH/c1-3-15(4-2,8-17)13(21)19-10-5-6-12(11(16)7-10)23-14-20-18-9-22-14;/h5-7,9H,3-4,8,17H2,1-2H3,(H,19,21);1H. The minimum Gasteiger partial charge on any atom is -0.329 e. The maximum atomic E-state index is 12.5. The quantitative estimate of drug-likeness (QED) is 0.708. The molecular formula is C15H20Cl2N4OS2. The van der Waals surface area contributed by atoms with Gasteiger partial charge in [-0.15, -0.1) is 22.6 Å². The summed E-state index contributed by atoms with van der Waals surface area (Å²) in [5.41, 5.74) is 7.62. The van der Waals surface area contributed by atoms with E-state index < -0.39 is 5.41 Å². The zero-order valence-corrected chi connectivity index (χ0v) is 16.6. The van der Waals surface area contributed by atoms with Crippen molar-refractivity contribution in [3.63, 3.8) is 0 Å². The highest BCUT2D eigenvalue weighted by molar-refractivity contribution is 8.01. The van der Waals surface area contributed by atoms with Gasteiger partial charge >= 0.3 is 0 Å². The van der Waals surface area contributed by atoms with Crippen LogP contribution in [0.3, 0.4) is 0 Å². The number of aromatic nitrogens is 2. The summed E-state index contributed by atoms with van der Waals surface area (Å²) in [5.74, 6) is -0.0643. The first-order valence-electron chi connectivity index (χ1n) is 7.29. The van der Waals surface area contributed by atoms with Crippen molar-refractivity contribution < 1.29 is 4.79 Å². The zero-order valence-electron chi connectivity index (χ0n) is 13.4. The van der Waals surface area contributed by atoms with E-state index in [-0.39, 0.29) is 18.3 Å². The molecule has 3 N–H and O–H groups in total. The van der Waals surface area contributed by atoms with Gasteiger partial charge in [0, 0.05) is 17.1 Å². The molecule has 0 saturated carbocycles. The first-order valence-corrected chi connectivity index (χ1v) is 9.37. The van der Waals surface area contributed by atoms with Crippen LogP contribution in [0.25, 0.3) is 0 Å². The average Bonchev–Trinajstić information content (AvgIpc) is 3.05. The number of nitrogens with two attached hydrogens (primary N) is 1. The van der Waals surface area contributed by atoms with Crippen molar-refractivity contribution in [2.75, 3.05) is 11.9 Å². The van der Waals surface area contributed by atoms with E-state index in [0.717, 1.165) is 9.24 Å². The van der Waals surface area contributed by atoms with Crippen LogP contribution in [0.15, 0.2) is 32.9 Å². The third kappa shape index (κ3) is 4.83. The number of rotatable bonds is 7. The molecule has 0 saturated heterocycles. The number of amides is 1. The summed E-state index contributed by atoms with van der Waals surface area (Å²) in [7, 11) is 0. The Hall–Kier alpha value is -0.860. The topological polar surface area (TPSA) is 80.9 Å². The molecule has 9 heteroatoms. The highest BCUT2D eigenvalue weighted by atomic mass is 35.5. The average molecular weight is 407 g/mol. The minimum absolute atomic E-state index is 0. The Labute approximate surface area is 161 Å². The Kier molecular flexibility index (Phi) is 8.45. The van der Waals surface area contributed by atoms with Gasteiger partial charge in [0.1, 0.15) is 5.51 Å². The van der Waals surface area contributed by atoms with Crippen LogP contribution in [0.2, 0.25) is 5.02 Å². The van der Waals surface area contributed by atoms with Crippen LogP contribution in [0.4, 0.5) is 5.69 Å². The van der Waals surface area contributed by atoms with Gasteiger partial charge in [0.2, 0.25) is 5.91 Å². The molecular weight excluding hydrogens is 387 g/mol. The predicted octanol–water partition coefficient (Wildman–Crippen LogP) is 4.47. The molecule has 24 heavy (non-hydrogen) atoms. The fourth-order valence-corrected chi connectivity index (χ4v) is 3.91. The lowest BCUT2D eigenvalue weighted by atomic mass is 9.81. The normalized spacial score (nSPS) is 11.0. The molecule has 1 amide bonds. The van der Waals surface area contributed by atoms with Crippen molar-refractivity contribution >= 4 is 58.7 Å². The van der Waals surface area contributed by atoms with E-state index in [2.05, 4.69) is 15.5 Å². The van der Waals surface area contributed by atoms with Crippen LogP contribution >= 0.6 is 47.1 Å². The third-order valence-corrected chi connectivity index (χ3v) is 6.23. The molecule has 0 spiro atoms. The lowest BCUT2D eigenvalue weighted by molar-refractivity contribution is -0.125. The smallest absolute Gasteiger partial charge is 0.231 e. The lowest BCUT2D eigenvalue weighted by Crippen LogP contribution is -2.41. The Morgan fingerprint density at radius 1 is 1.42 bits per heavy atom. The Morgan fingerprint density at radius 2 is 2.12 bits per heavy atom. The van der Waals surface area contributed by atoms with Gasteiger partial charge in [-0.1, -0.05) is 48.5 Å². The molecule has 5 nitrogen and oxygen atoms in total. The number of nitrogens with zero attached hydrogens (tertiary/aromatic N) is 2. The first-order chi connectivity index (χ1) is 11.0. The molecule has 0 aliphatic carbocycles. The summed E-state index contributed by atoms with van der Waals surface area (Å²) in [6.07, 6.45) is 1.40. The van der Waals surface area contributed by atoms with Crippen molar-refractivity contribution in [1.82, 2.24) is 10.2 Å². The SMILES string of the molecule is CCC(CC)(CN)C(=O)Nc1ccc(Sc2nncs2)c(Cl)c1.Cl. The van der Waals surface area contributed by atoms with E-state index in [0.29, 0.717) is 30.1 Å². The minimum atomic E-state index is -0.535. The summed E-state index contributed by atoms with van der Waals surface area (Å²) in [4.78, 5) is 13.4. The maximum absolute atomic E-state index is 12.5. The summed E-state index contributed by atoms with van der Waals surface area (Å²) >= 11 is 9.21. The van der Waals surface area contributed by atoms with Crippen LogP contribution in [0.5, 0.6) is 0 Å². The van der Waals surface area contributed by atoms with Gasteiger partial charge in [-0.3, -0.25) is 4.79 Å². The Bertz CT molecular complexity index is 655. The van der Waals surface area contributed by atoms with E-state index >= 15 is 0 Å². The maximum Gasteiger partial charge on any atom is 0.231 e. The molecule has 0 unspecified atom stereocenters. The Balaban J connectivity index is 0.00000288. The number of hydrogen-bond acceptors (Lipinski definition) is 6. The molecule has 0 aliphatic rings. The number of anilines is 1. The van der Waals surface area contributed by atoms with Gasteiger partial charge in [0.15, 0.2) is 4.34 Å². The number of benzene rings is 1. The summed E-state index contributed by atoms with van der Waals surface area (Å²) in [5, 5.41) is 11.3. The second kappa shape index (κ2) is 9.58. The number of halogens is 2. The van der Waals surface area contributed by atoms with Crippen molar-refractivity contribution in [3.05, 3.63) is 28.7 Å². The second-order valence-electron chi connectivity index (χ2n) is 5.10. The highest BCUT2D eigenvalue weighted by Crippen LogP contribution is 2.36. The van der Waals surface area contributed by atoms with Crippen molar-refractivity contribution in [1.29, 1.82) is 0 Å². The molecule has 1 aromatic heterocycles. The zero-order chi connectivity index (χ0) is 16.9. The van der Waals surface area contributed by atoms with Gasteiger partial charge in [0.25, 0.3) is 0 Å². The van der Waals surface area contributed by atoms with Crippen molar-refractivity contribution in [2.45, 2.75) is 35.9 Å². The van der Waals surface area contributed by atoms with Gasteiger partial charge < -0.3 is 11.1 Å². The summed E-state index contributed by atoms with van der Waals surface area (Å²) in [6.45, 7) is 4.28. The van der Waals surface area contributed by atoms with E-state index in [1.165, 1.54) is 23.1 Å².